The van der Waals surface area contributed by atoms with Crippen molar-refractivity contribution in [2.45, 2.75) is 45.6 Å². The van der Waals surface area contributed by atoms with Gasteiger partial charge in [-0.3, -0.25) is 0 Å². The van der Waals surface area contributed by atoms with Crippen LogP contribution in [0.2, 0.25) is 0 Å². The zero-order chi connectivity index (χ0) is 14.4. The van der Waals surface area contributed by atoms with Gasteiger partial charge in [-0.2, -0.15) is 0 Å². The molecule has 0 radical (unpaired) electrons. The van der Waals surface area contributed by atoms with Gasteiger partial charge in [-0.1, -0.05) is 25.8 Å². The highest BCUT2D eigenvalue weighted by molar-refractivity contribution is 5.46. The van der Waals surface area contributed by atoms with Crippen molar-refractivity contribution in [1.29, 1.82) is 0 Å². The van der Waals surface area contributed by atoms with Crippen LogP contribution in [0.5, 0.6) is 0 Å². The minimum absolute atomic E-state index is 0.157. The van der Waals surface area contributed by atoms with E-state index in [0.29, 0.717) is 6.04 Å². The molecule has 2 rings (SSSR count). The Morgan fingerprint density at radius 2 is 2.20 bits per heavy atom. The molecule has 1 aliphatic rings. The fourth-order valence-electron chi connectivity index (χ4n) is 3.17. The molecule has 0 spiro atoms. The average Bonchev–Trinajstić information content (AvgIpc) is 2.44. The van der Waals surface area contributed by atoms with Crippen molar-refractivity contribution in [3.8, 4) is 0 Å². The van der Waals surface area contributed by atoms with Gasteiger partial charge in [0.1, 0.15) is 5.82 Å². The van der Waals surface area contributed by atoms with E-state index in [1.165, 1.54) is 31.7 Å². The summed E-state index contributed by atoms with van der Waals surface area (Å²) in [6, 6.07) is 7.55. The Morgan fingerprint density at radius 3 is 2.90 bits per heavy atom. The minimum Gasteiger partial charge on any atom is -0.370 e. The molecule has 0 saturated heterocycles. The summed E-state index contributed by atoms with van der Waals surface area (Å²) in [4.78, 5) is 2.22. The van der Waals surface area contributed by atoms with E-state index in [4.69, 9.17) is 0 Å². The number of nitrogens with one attached hydrogen (secondary N) is 1. The van der Waals surface area contributed by atoms with Crippen molar-refractivity contribution in [1.82, 2.24) is 5.32 Å². The molecule has 0 amide bonds. The Hall–Kier alpha value is -1.09. The average molecular weight is 278 g/mol. The van der Waals surface area contributed by atoms with E-state index >= 15 is 0 Å². The largest absolute Gasteiger partial charge is 0.370 e. The van der Waals surface area contributed by atoms with Crippen molar-refractivity contribution in [2.24, 2.45) is 5.92 Å². The molecule has 2 unspecified atom stereocenters. The van der Waals surface area contributed by atoms with Gasteiger partial charge in [0.15, 0.2) is 0 Å². The molecule has 0 aromatic heterocycles. The van der Waals surface area contributed by atoms with Crippen molar-refractivity contribution < 1.29 is 4.39 Å². The Kier molecular flexibility index (Phi) is 5.84. The summed E-state index contributed by atoms with van der Waals surface area (Å²) in [5, 5.41) is 3.67. The highest BCUT2D eigenvalue weighted by Gasteiger charge is 2.18. The SMILES string of the molecule is CCN(CCNC1CCCC(C)C1)c1cccc(F)c1. The Balaban J connectivity index is 1.79. The van der Waals surface area contributed by atoms with Crippen LogP contribution in [0.4, 0.5) is 10.1 Å². The quantitative estimate of drug-likeness (QED) is 0.851. The standard InChI is InChI=1S/C17H27FN2/c1-3-20(17-9-5-7-15(18)13-17)11-10-19-16-8-4-6-14(2)12-16/h5,7,9,13-14,16,19H,3-4,6,8,10-12H2,1-2H3. The molecular formula is C17H27FN2. The molecule has 0 heterocycles. The fraction of sp³-hybridized carbons (Fsp3) is 0.647. The van der Waals surface area contributed by atoms with Gasteiger partial charge >= 0.3 is 0 Å². The molecule has 1 aromatic rings. The molecular weight excluding hydrogens is 251 g/mol. The Labute approximate surface area is 122 Å². The lowest BCUT2D eigenvalue weighted by Crippen LogP contribution is -2.39. The van der Waals surface area contributed by atoms with Crippen molar-refractivity contribution in [3.05, 3.63) is 30.1 Å². The van der Waals surface area contributed by atoms with Crippen molar-refractivity contribution in [3.63, 3.8) is 0 Å². The zero-order valence-electron chi connectivity index (χ0n) is 12.7. The van der Waals surface area contributed by atoms with Gasteiger partial charge < -0.3 is 10.2 Å². The summed E-state index contributed by atoms with van der Waals surface area (Å²) in [5.41, 5.74) is 0.978. The molecule has 20 heavy (non-hydrogen) atoms. The van der Waals surface area contributed by atoms with E-state index in [1.54, 1.807) is 12.1 Å². The summed E-state index contributed by atoms with van der Waals surface area (Å²) in [6.07, 6.45) is 5.32. The Morgan fingerprint density at radius 1 is 1.35 bits per heavy atom. The number of rotatable bonds is 6. The number of likely N-dealkylation sites (N-methyl/N-ethyl adjacent to an activating group) is 1. The monoisotopic (exact) mass is 278 g/mol. The second-order valence-corrected chi connectivity index (χ2v) is 5.98. The van der Waals surface area contributed by atoms with Crippen LogP contribution in [-0.4, -0.2) is 25.7 Å². The summed E-state index contributed by atoms with van der Waals surface area (Å²) in [5.74, 6) is 0.696. The van der Waals surface area contributed by atoms with Gasteiger partial charge in [0, 0.05) is 31.4 Å². The zero-order valence-corrected chi connectivity index (χ0v) is 12.7. The van der Waals surface area contributed by atoms with Gasteiger partial charge in [0.05, 0.1) is 0 Å². The third-order valence-corrected chi connectivity index (χ3v) is 4.31. The molecule has 2 atom stereocenters. The minimum atomic E-state index is -0.157. The predicted molar refractivity (Wildman–Crippen MR) is 83.7 cm³/mol. The molecule has 0 bridgehead atoms. The Bertz CT molecular complexity index is 408. The predicted octanol–water partition coefficient (Wildman–Crippen LogP) is 3.82. The number of benzene rings is 1. The van der Waals surface area contributed by atoms with Gasteiger partial charge in [0.2, 0.25) is 0 Å². The highest BCUT2D eigenvalue weighted by Crippen LogP contribution is 2.23. The summed E-state index contributed by atoms with van der Waals surface area (Å²) < 4.78 is 13.3. The molecule has 1 fully saturated rings. The van der Waals surface area contributed by atoms with Gasteiger partial charge in [-0.05, 0) is 43.9 Å². The smallest absolute Gasteiger partial charge is 0.125 e. The maximum Gasteiger partial charge on any atom is 0.125 e. The van der Waals surface area contributed by atoms with Crippen LogP contribution in [0.25, 0.3) is 0 Å². The number of hydrogen-bond donors (Lipinski definition) is 1. The van der Waals surface area contributed by atoms with Crippen LogP contribution in [-0.2, 0) is 0 Å². The first-order valence-corrected chi connectivity index (χ1v) is 7.93. The van der Waals surface area contributed by atoms with Gasteiger partial charge in [0.25, 0.3) is 0 Å². The first kappa shape index (κ1) is 15.3. The first-order valence-electron chi connectivity index (χ1n) is 7.93. The van der Waals surface area contributed by atoms with E-state index < -0.39 is 0 Å². The van der Waals surface area contributed by atoms with Crippen LogP contribution < -0.4 is 10.2 Å². The molecule has 112 valence electrons. The number of hydrogen-bond acceptors (Lipinski definition) is 2. The van der Waals surface area contributed by atoms with Crippen molar-refractivity contribution in [2.75, 3.05) is 24.5 Å². The summed E-state index contributed by atoms with van der Waals surface area (Å²) in [7, 11) is 0. The number of nitrogens with zero attached hydrogens (tertiary/aromatic N) is 1. The third-order valence-electron chi connectivity index (χ3n) is 4.31. The van der Waals surface area contributed by atoms with Gasteiger partial charge in [-0.15, -0.1) is 0 Å². The van der Waals surface area contributed by atoms with E-state index in [2.05, 4.69) is 24.1 Å². The third kappa shape index (κ3) is 4.48. The van der Waals surface area contributed by atoms with E-state index in [1.807, 2.05) is 6.07 Å². The second-order valence-electron chi connectivity index (χ2n) is 5.98. The van der Waals surface area contributed by atoms with E-state index in [0.717, 1.165) is 31.2 Å². The van der Waals surface area contributed by atoms with E-state index in [-0.39, 0.29) is 5.82 Å². The van der Waals surface area contributed by atoms with Crippen LogP contribution in [0.15, 0.2) is 24.3 Å². The molecule has 2 nitrogen and oxygen atoms in total. The number of halogens is 1. The topological polar surface area (TPSA) is 15.3 Å². The lowest BCUT2D eigenvalue weighted by atomic mass is 9.87. The number of anilines is 1. The molecule has 0 aliphatic heterocycles. The molecule has 1 aliphatic carbocycles. The van der Waals surface area contributed by atoms with Crippen LogP contribution in [0.3, 0.4) is 0 Å². The van der Waals surface area contributed by atoms with E-state index in [9.17, 15) is 4.39 Å². The molecule has 3 heteroatoms. The normalized spacial score (nSPS) is 22.8. The molecule has 1 N–H and O–H groups in total. The lowest BCUT2D eigenvalue weighted by molar-refractivity contribution is 0.303. The van der Waals surface area contributed by atoms with Crippen molar-refractivity contribution >= 4 is 5.69 Å². The lowest BCUT2D eigenvalue weighted by Gasteiger charge is -2.29. The summed E-state index contributed by atoms with van der Waals surface area (Å²) >= 11 is 0. The summed E-state index contributed by atoms with van der Waals surface area (Å²) in [6.45, 7) is 7.28. The first-order chi connectivity index (χ1) is 9.69. The molecule has 1 aromatic carbocycles. The van der Waals surface area contributed by atoms with Crippen LogP contribution in [0.1, 0.15) is 39.5 Å². The maximum atomic E-state index is 13.3. The van der Waals surface area contributed by atoms with Gasteiger partial charge in [-0.25, -0.2) is 4.39 Å². The van der Waals surface area contributed by atoms with Crippen LogP contribution >= 0.6 is 0 Å². The molecule has 1 saturated carbocycles. The second kappa shape index (κ2) is 7.63. The highest BCUT2D eigenvalue weighted by atomic mass is 19.1. The maximum absolute atomic E-state index is 13.3. The fourth-order valence-corrected chi connectivity index (χ4v) is 3.17. The van der Waals surface area contributed by atoms with Crippen LogP contribution in [0, 0.1) is 11.7 Å².